The lowest BCUT2D eigenvalue weighted by molar-refractivity contribution is 0.100. The fraction of sp³-hybridized carbons (Fsp3) is 0.294. The fourth-order valence-electron chi connectivity index (χ4n) is 2.65. The smallest absolute Gasteiger partial charge is 0.115 e. The molecule has 0 aromatic heterocycles. The number of hydrogen-bond acceptors (Lipinski definition) is 3. The molecule has 2 aromatic rings. The van der Waals surface area contributed by atoms with Crippen molar-refractivity contribution in [2.24, 2.45) is 5.73 Å². The Kier molecular flexibility index (Phi) is 4.42. The number of aromatic hydroxyl groups is 1. The number of aliphatic hydroxyl groups excluding tert-OH is 1. The van der Waals surface area contributed by atoms with Gasteiger partial charge in [0.1, 0.15) is 5.75 Å². The number of hydrogen-bond donors (Lipinski definition) is 3. The van der Waals surface area contributed by atoms with Gasteiger partial charge in [0.25, 0.3) is 0 Å². The van der Waals surface area contributed by atoms with Crippen molar-refractivity contribution in [2.75, 3.05) is 6.54 Å². The van der Waals surface area contributed by atoms with Crippen molar-refractivity contribution in [2.45, 2.75) is 24.9 Å². The van der Waals surface area contributed by atoms with Gasteiger partial charge in [-0.15, -0.1) is 0 Å². The Hall–Kier alpha value is -1.84. The average Bonchev–Trinajstić information content (AvgIpc) is 2.45. The van der Waals surface area contributed by atoms with E-state index in [9.17, 15) is 10.2 Å². The van der Waals surface area contributed by atoms with Gasteiger partial charge >= 0.3 is 0 Å². The molecule has 0 aliphatic rings. The van der Waals surface area contributed by atoms with Crippen LogP contribution in [0.4, 0.5) is 0 Å². The summed E-state index contributed by atoms with van der Waals surface area (Å²) in [6.45, 7) is 2.10. The first-order chi connectivity index (χ1) is 9.58. The fourth-order valence-corrected chi connectivity index (χ4v) is 2.65. The molecule has 0 spiro atoms. The normalized spacial score (nSPS) is 15.6. The first kappa shape index (κ1) is 14.6. The summed E-state index contributed by atoms with van der Waals surface area (Å²) in [5, 5.41) is 19.9. The lowest BCUT2D eigenvalue weighted by atomic mass is 9.72. The van der Waals surface area contributed by atoms with Crippen molar-refractivity contribution in [3.63, 3.8) is 0 Å². The minimum Gasteiger partial charge on any atom is -0.508 e. The van der Waals surface area contributed by atoms with E-state index in [4.69, 9.17) is 5.73 Å². The van der Waals surface area contributed by atoms with E-state index in [0.717, 1.165) is 11.1 Å². The van der Waals surface area contributed by atoms with Crippen molar-refractivity contribution in [3.8, 4) is 5.75 Å². The average molecular weight is 271 g/mol. The molecule has 4 N–H and O–H groups in total. The lowest BCUT2D eigenvalue weighted by Crippen LogP contribution is -2.46. The number of nitrogens with two attached hydrogens (primary N) is 1. The number of benzene rings is 2. The van der Waals surface area contributed by atoms with Crippen LogP contribution in [0.25, 0.3) is 0 Å². The highest BCUT2D eigenvalue weighted by Gasteiger charge is 2.36. The van der Waals surface area contributed by atoms with Crippen molar-refractivity contribution in [1.29, 1.82) is 0 Å². The zero-order chi connectivity index (χ0) is 14.6. The predicted octanol–water partition coefficient (Wildman–Crippen LogP) is 2.21. The molecule has 0 fully saturated rings. The highest BCUT2D eigenvalue weighted by atomic mass is 16.3. The zero-order valence-electron chi connectivity index (χ0n) is 11.7. The Labute approximate surface area is 119 Å². The lowest BCUT2D eigenvalue weighted by Gasteiger charge is -2.36. The van der Waals surface area contributed by atoms with E-state index in [2.05, 4.69) is 0 Å². The Morgan fingerprint density at radius 2 is 1.80 bits per heavy atom. The molecule has 0 saturated carbocycles. The maximum absolute atomic E-state index is 10.3. The first-order valence-electron chi connectivity index (χ1n) is 6.80. The molecule has 2 rings (SSSR count). The van der Waals surface area contributed by atoms with Gasteiger partial charge in [0, 0.05) is 12.0 Å². The van der Waals surface area contributed by atoms with Crippen LogP contribution >= 0.6 is 0 Å². The number of phenolic OH excluding ortho intramolecular Hbond substituents is 1. The maximum atomic E-state index is 10.3. The van der Waals surface area contributed by atoms with Crippen LogP contribution in [0.2, 0.25) is 0 Å². The quantitative estimate of drug-likeness (QED) is 0.781. The molecule has 2 unspecified atom stereocenters. The van der Waals surface area contributed by atoms with Crippen LogP contribution in [-0.2, 0) is 11.8 Å². The molecule has 0 aliphatic heterocycles. The van der Waals surface area contributed by atoms with Gasteiger partial charge in [0.2, 0.25) is 0 Å². The molecular formula is C17H21NO2. The summed E-state index contributed by atoms with van der Waals surface area (Å²) >= 11 is 0. The van der Waals surface area contributed by atoms with Gasteiger partial charge in [0.15, 0.2) is 0 Å². The highest BCUT2D eigenvalue weighted by Crippen LogP contribution is 2.32. The van der Waals surface area contributed by atoms with Crippen molar-refractivity contribution in [3.05, 3.63) is 65.7 Å². The Balaban J connectivity index is 2.43. The maximum Gasteiger partial charge on any atom is 0.115 e. The summed E-state index contributed by atoms with van der Waals surface area (Å²) < 4.78 is 0. The molecule has 0 aliphatic carbocycles. The SMILES string of the molecule is CC(O)C(CN)(Cc1cccc(O)c1)c1ccccc1. The molecule has 0 amide bonds. The topological polar surface area (TPSA) is 66.5 Å². The highest BCUT2D eigenvalue weighted by molar-refractivity contribution is 5.34. The molecule has 20 heavy (non-hydrogen) atoms. The van der Waals surface area contributed by atoms with Gasteiger partial charge in [-0.3, -0.25) is 0 Å². The summed E-state index contributed by atoms with van der Waals surface area (Å²) in [5.41, 5.74) is 7.43. The largest absolute Gasteiger partial charge is 0.508 e. The Morgan fingerprint density at radius 1 is 1.10 bits per heavy atom. The van der Waals surface area contributed by atoms with Crippen LogP contribution in [0.3, 0.4) is 0 Å². The molecule has 3 heteroatoms. The van der Waals surface area contributed by atoms with E-state index in [1.165, 1.54) is 0 Å². The van der Waals surface area contributed by atoms with E-state index in [-0.39, 0.29) is 5.75 Å². The second-order valence-electron chi connectivity index (χ2n) is 5.25. The standard InChI is InChI=1S/C17H21NO2/c1-13(19)17(12-18,15-7-3-2-4-8-15)11-14-6-5-9-16(20)10-14/h2-10,13,19-20H,11-12,18H2,1H3. The number of phenols is 1. The molecule has 0 radical (unpaired) electrons. The Morgan fingerprint density at radius 3 is 2.35 bits per heavy atom. The third kappa shape index (κ3) is 2.84. The predicted molar refractivity (Wildman–Crippen MR) is 80.7 cm³/mol. The second kappa shape index (κ2) is 6.07. The van der Waals surface area contributed by atoms with Crippen LogP contribution < -0.4 is 5.73 Å². The molecular weight excluding hydrogens is 250 g/mol. The van der Waals surface area contributed by atoms with Crippen LogP contribution in [0, 0.1) is 0 Å². The van der Waals surface area contributed by atoms with E-state index in [1.807, 2.05) is 36.4 Å². The van der Waals surface area contributed by atoms with E-state index < -0.39 is 11.5 Å². The minimum absolute atomic E-state index is 0.229. The van der Waals surface area contributed by atoms with Gasteiger partial charge in [0.05, 0.1) is 6.10 Å². The van der Waals surface area contributed by atoms with Gasteiger partial charge < -0.3 is 15.9 Å². The third-order valence-electron chi connectivity index (χ3n) is 3.94. The number of rotatable bonds is 5. The van der Waals surface area contributed by atoms with E-state index in [0.29, 0.717) is 13.0 Å². The summed E-state index contributed by atoms with van der Waals surface area (Å²) in [6.07, 6.45) is -0.00296. The molecule has 2 atom stereocenters. The van der Waals surface area contributed by atoms with E-state index in [1.54, 1.807) is 25.1 Å². The monoisotopic (exact) mass is 271 g/mol. The molecule has 106 valence electrons. The molecule has 3 nitrogen and oxygen atoms in total. The molecule has 2 aromatic carbocycles. The van der Waals surface area contributed by atoms with Crippen molar-refractivity contribution < 1.29 is 10.2 Å². The Bertz CT molecular complexity index is 554. The van der Waals surface area contributed by atoms with Gasteiger partial charge in [-0.05, 0) is 36.6 Å². The van der Waals surface area contributed by atoms with Crippen molar-refractivity contribution in [1.82, 2.24) is 0 Å². The van der Waals surface area contributed by atoms with Gasteiger partial charge in [-0.25, -0.2) is 0 Å². The third-order valence-corrected chi connectivity index (χ3v) is 3.94. The van der Waals surface area contributed by atoms with Crippen LogP contribution in [0.15, 0.2) is 54.6 Å². The van der Waals surface area contributed by atoms with Gasteiger partial charge in [-0.2, -0.15) is 0 Å². The number of aliphatic hydroxyl groups is 1. The first-order valence-corrected chi connectivity index (χ1v) is 6.80. The van der Waals surface area contributed by atoms with Crippen LogP contribution in [0.1, 0.15) is 18.1 Å². The molecule has 0 saturated heterocycles. The second-order valence-corrected chi connectivity index (χ2v) is 5.25. The minimum atomic E-state index is -0.586. The van der Waals surface area contributed by atoms with Gasteiger partial charge in [-0.1, -0.05) is 42.5 Å². The molecule has 0 bridgehead atoms. The van der Waals surface area contributed by atoms with E-state index >= 15 is 0 Å². The molecule has 0 heterocycles. The summed E-state index contributed by atoms with van der Waals surface area (Å²) in [4.78, 5) is 0. The van der Waals surface area contributed by atoms with Crippen molar-refractivity contribution >= 4 is 0 Å². The summed E-state index contributed by atoms with van der Waals surface area (Å²) in [5.74, 6) is 0.229. The summed E-state index contributed by atoms with van der Waals surface area (Å²) in [6, 6.07) is 16.9. The zero-order valence-corrected chi connectivity index (χ0v) is 11.7. The van der Waals surface area contributed by atoms with Crippen LogP contribution in [0.5, 0.6) is 5.75 Å². The van der Waals surface area contributed by atoms with Crippen LogP contribution in [-0.4, -0.2) is 22.9 Å². The summed E-state index contributed by atoms with van der Waals surface area (Å²) in [7, 11) is 0.